The van der Waals surface area contributed by atoms with Crippen LogP contribution in [0.5, 0.6) is 0 Å². The van der Waals surface area contributed by atoms with Crippen LogP contribution in [-0.4, -0.2) is 31.4 Å². The Labute approximate surface area is 251 Å². The first kappa shape index (κ1) is 28.4. The maximum Gasteiger partial charge on any atom is 0.583 e. The van der Waals surface area contributed by atoms with E-state index in [2.05, 4.69) is 42.2 Å². The minimum absolute atomic E-state index is 0.0126. The molecule has 0 spiro atoms. The van der Waals surface area contributed by atoms with E-state index in [1.54, 1.807) is 6.21 Å². The van der Waals surface area contributed by atoms with E-state index in [1.807, 2.05) is 56.3 Å². The molecule has 1 saturated heterocycles. The van der Waals surface area contributed by atoms with Gasteiger partial charge in [-0.05, 0) is 80.0 Å². The van der Waals surface area contributed by atoms with Gasteiger partial charge in [-0.1, -0.05) is 49.7 Å². The highest BCUT2D eigenvalue weighted by atomic mass is 35.5. The Hall–Kier alpha value is -3.75. The van der Waals surface area contributed by atoms with Crippen LogP contribution in [0.3, 0.4) is 0 Å². The van der Waals surface area contributed by atoms with Gasteiger partial charge >= 0.3 is 7.12 Å². The lowest BCUT2D eigenvalue weighted by Gasteiger charge is -2.37. The van der Waals surface area contributed by atoms with Gasteiger partial charge < -0.3 is 24.4 Å². The summed E-state index contributed by atoms with van der Waals surface area (Å²) in [4.78, 5) is 15.9. The van der Waals surface area contributed by atoms with Crippen LogP contribution in [0.4, 0.5) is 11.6 Å². The van der Waals surface area contributed by atoms with Crippen molar-refractivity contribution in [3.05, 3.63) is 86.0 Å². The summed E-state index contributed by atoms with van der Waals surface area (Å²) in [5, 5.41) is 18.8. The molecule has 2 aliphatic heterocycles. The number of piperidine rings is 1. The average Bonchev–Trinajstić information content (AvgIpc) is 2.95. The molecule has 0 aliphatic carbocycles. The third-order valence-electron chi connectivity index (χ3n) is 8.61. The van der Waals surface area contributed by atoms with E-state index in [4.69, 9.17) is 20.8 Å². The lowest BCUT2D eigenvalue weighted by molar-refractivity contribution is 0.274. The summed E-state index contributed by atoms with van der Waals surface area (Å²) in [6.45, 7) is 12.2. The Kier molecular flexibility index (Phi) is 7.31. The minimum atomic E-state index is -1.09. The lowest BCUT2D eigenvalue weighted by atomic mass is 9.75. The van der Waals surface area contributed by atoms with Crippen molar-refractivity contribution in [3.63, 3.8) is 0 Å². The molecular formula is C33H35BClN3O4. The Bertz CT molecular complexity index is 1770. The number of oxime groups is 1. The molecule has 0 amide bonds. The smallest absolute Gasteiger partial charge is 0.440 e. The van der Waals surface area contributed by atoms with Crippen LogP contribution >= 0.6 is 11.6 Å². The number of fused-ring (bicyclic) bond motifs is 2. The zero-order chi connectivity index (χ0) is 29.8. The first-order valence-electron chi connectivity index (χ1n) is 14.4. The summed E-state index contributed by atoms with van der Waals surface area (Å²) in [6.07, 6.45) is 3.69. The van der Waals surface area contributed by atoms with E-state index in [0.717, 1.165) is 59.4 Å². The number of aryl methyl sites for hydroxylation is 1. The van der Waals surface area contributed by atoms with Crippen molar-refractivity contribution in [2.45, 2.75) is 53.5 Å². The summed E-state index contributed by atoms with van der Waals surface area (Å²) in [5.41, 5.74) is 7.63. The molecule has 2 aliphatic rings. The maximum absolute atomic E-state index is 13.7. The summed E-state index contributed by atoms with van der Waals surface area (Å²) >= 11 is 6.48. The predicted octanol–water partition coefficient (Wildman–Crippen LogP) is 6.58. The zero-order valence-corrected chi connectivity index (χ0v) is 25.4. The van der Waals surface area contributed by atoms with Gasteiger partial charge in [0.2, 0.25) is 5.88 Å². The number of nitrogens with one attached hydrogen (secondary N) is 1. The van der Waals surface area contributed by atoms with Gasteiger partial charge in [-0.15, -0.1) is 5.16 Å². The molecule has 216 valence electrons. The van der Waals surface area contributed by atoms with Gasteiger partial charge in [-0.2, -0.15) is 0 Å². The molecule has 3 aromatic carbocycles. The third kappa shape index (κ3) is 5.29. The van der Waals surface area contributed by atoms with Crippen LogP contribution in [0.1, 0.15) is 61.9 Å². The highest BCUT2D eigenvalue weighted by Gasteiger charge is 2.29. The second kappa shape index (κ2) is 10.8. The Balaban J connectivity index is 1.40. The number of benzene rings is 3. The Morgan fingerprint density at radius 2 is 1.86 bits per heavy atom. The van der Waals surface area contributed by atoms with Gasteiger partial charge in [0.1, 0.15) is 5.58 Å². The summed E-state index contributed by atoms with van der Waals surface area (Å²) in [6, 6.07) is 15.3. The van der Waals surface area contributed by atoms with E-state index < -0.39 is 7.12 Å². The average molecular weight is 584 g/mol. The topological polar surface area (TPSA) is 87.3 Å². The van der Waals surface area contributed by atoms with Crippen LogP contribution in [0.15, 0.2) is 62.9 Å². The molecule has 0 unspecified atom stereocenters. The molecule has 1 aromatic heterocycles. The Morgan fingerprint density at radius 1 is 1.10 bits per heavy atom. The van der Waals surface area contributed by atoms with Gasteiger partial charge in [-0.3, -0.25) is 4.79 Å². The van der Waals surface area contributed by atoms with Gasteiger partial charge in [0, 0.05) is 40.4 Å². The molecule has 1 fully saturated rings. The van der Waals surface area contributed by atoms with Crippen LogP contribution < -0.4 is 21.1 Å². The molecule has 1 atom stereocenters. The second-order valence-corrected chi connectivity index (χ2v) is 12.8. The largest absolute Gasteiger partial charge is 0.583 e. The number of anilines is 2. The molecule has 3 heterocycles. The summed E-state index contributed by atoms with van der Waals surface area (Å²) in [7, 11) is -1.09. The van der Waals surface area contributed by atoms with Crippen molar-refractivity contribution in [2.24, 2.45) is 10.6 Å². The number of halogens is 1. The highest BCUT2D eigenvalue weighted by molar-refractivity contribution is 6.62. The van der Waals surface area contributed by atoms with Crippen molar-refractivity contribution in [3.8, 4) is 11.1 Å². The number of nitrogens with zero attached hydrogens (tertiary/aromatic N) is 2. The monoisotopic (exact) mass is 583 g/mol. The first-order chi connectivity index (χ1) is 20.0. The van der Waals surface area contributed by atoms with Gasteiger partial charge in [0.15, 0.2) is 5.43 Å². The molecule has 0 radical (unpaired) electrons. The quantitative estimate of drug-likeness (QED) is 0.258. The molecule has 4 aromatic rings. The second-order valence-electron chi connectivity index (χ2n) is 12.3. The van der Waals surface area contributed by atoms with Crippen molar-refractivity contribution in [1.29, 1.82) is 0 Å². The molecule has 42 heavy (non-hydrogen) atoms. The fourth-order valence-corrected chi connectivity index (χ4v) is 6.15. The molecular weight excluding hydrogens is 549 g/mol. The molecule has 0 bridgehead atoms. The molecule has 6 rings (SSSR count). The van der Waals surface area contributed by atoms with Crippen molar-refractivity contribution < 1.29 is 14.2 Å². The fourth-order valence-electron chi connectivity index (χ4n) is 5.97. The Morgan fingerprint density at radius 3 is 2.62 bits per heavy atom. The molecule has 2 N–H and O–H groups in total. The molecule has 0 saturated carbocycles. The number of hydrogen-bond donors (Lipinski definition) is 2. The highest BCUT2D eigenvalue weighted by Crippen LogP contribution is 2.38. The van der Waals surface area contributed by atoms with E-state index in [9.17, 15) is 9.82 Å². The van der Waals surface area contributed by atoms with Gasteiger partial charge in [0.25, 0.3) is 0 Å². The van der Waals surface area contributed by atoms with Crippen LogP contribution in [0.2, 0.25) is 5.02 Å². The summed E-state index contributed by atoms with van der Waals surface area (Å²) < 4.78 is 11.6. The zero-order valence-electron chi connectivity index (χ0n) is 24.6. The van der Waals surface area contributed by atoms with Crippen molar-refractivity contribution in [1.82, 2.24) is 0 Å². The standard InChI is InChI=1S/C33H35BClN3O4/c1-19-14-26(31-27(15-19)30(39)20(2)32(41-31)38-12-10-33(4,5)11-13-38)21(3)37-29-17-24(35)7-8-25(29)22-6-9-28-23(16-22)18-36-42-34(28)40/h6-9,14-18,21,37,40H,10-13H2,1-5H3/t21-/m1/s1. The molecule has 7 nitrogen and oxygen atoms in total. The van der Waals surface area contributed by atoms with Gasteiger partial charge in [0.05, 0.1) is 23.2 Å². The number of hydrogen-bond acceptors (Lipinski definition) is 7. The normalized spacial score (nSPS) is 16.7. The van der Waals surface area contributed by atoms with Crippen molar-refractivity contribution in [2.75, 3.05) is 23.3 Å². The predicted molar refractivity (Wildman–Crippen MR) is 172 cm³/mol. The van der Waals surface area contributed by atoms with E-state index in [0.29, 0.717) is 32.9 Å². The van der Waals surface area contributed by atoms with Crippen LogP contribution in [-0.2, 0) is 4.76 Å². The van der Waals surface area contributed by atoms with Crippen LogP contribution in [0, 0.1) is 19.3 Å². The number of rotatable bonds is 5. The fraction of sp³-hybridized carbons (Fsp3) is 0.333. The first-order valence-corrected chi connectivity index (χ1v) is 14.8. The van der Waals surface area contributed by atoms with E-state index >= 15 is 0 Å². The molecule has 9 heteroatoms. The van der Waals surface area contributed by atoms with E-state index in [-0.39, 0.29) is 16.9 Å². The lowest BCUT2D eigenvalue weighted by Crippen LogP contribution is -2.38. The van der Waals surface area contributed by atoms with Crippen molar-refractivity contribution >= 4 is 52.9 Å². The third-order valence-corrected chi connectivity index (χ3v) is 8.84. The van der Waals surface area contributed by atoms with E-state index in [1.165, 1.54) is 0 Å². The SMILES string of the molecule is Cc1cc([C@@H](C)Nc2cc(Cl)ccc2-c2ccc3c(c2)C=NOB3O)c2oc(N3CCC(C)(C)CC3)c(C)c(=O)c2c1. The van der Waals surface area contributed by atoms with Crippen LogP contribution in [0.25, 0.3) is 22.1 Å². The maximum atomic E-state index is 13.7. The summed E-state index contributed by atoms with van der Waals surface area (Å²) in [5.74, 6) is 0.672. The minimum Gasteiger partial charge on any atom is -0.440 e. The van der Waals surface area contributed by atoms with Gasteiger partial charge in [-0.25, -0.2) is 0 Å².